The Bertz CT molecular complexity index is 996. The zero-order valence-corrected chi connectivity index (χ0v) is 16.8. The highest BCUT2D eigenvalue weighted by Gasteiger charge is 2.14. The van der Waals surface area contributed by atoms with Crippen molar-refractivity contribution < 1.29 is 14.0 Å². The van der Waals surface area contributed by atoms with Gasteiger partial charge in [-0.2, -0.15) is 5.10 Å². The van der Waals surface area contributed by atoms with Crippen molar-refractivity contribution >= 4 is 11.8 Å². The number of allylic oxidation sites excluding steroid dienone is 1. The van der Waals surface area contributed by atoms with E-state index in [1.165, 1.54) is 6.21 Å². The second kappa shape index (κ2) is 9.68. The third-order valence-electron chi connectivity index (χ3n) is 4.42. The molecule has 0 spiro atoms. The van der Waals surface area contributed by atoms with Crippen LogP contribution in [0.5, 0.6) is 11.6 Å². The minimum atomic E-state index is -0.334. The van der Waals surface area contributed by atoms with Gasteiger partial charge in [0.2, 0.25) is 5.88 Å². The van der Waals surface area contributed by atoms with Gasteiger partial charge in [-0.1, -0.05) is 60.6 Å². The number of halogens is 1. The molecular weight excluding hydrogens is 369 g/mol. The van der Waals surface area contributed by atoms with E-state index >= 15 is 0 Å². The monoisotopic (exact) mass is 393 g/mol. The van der Waals surface area contributed by atoms with Gasteiger partial charge >= 0.3 is 0 Å². The first-order chi connectivity index (χ1) is 14.1. The molecule has 1 heterocycles. The molecule has 2 aromatic carbocycles. The quantitative estimate of drug-likeness (QED) is 0.366. The topological polar surface area (TPSA) is 48.6 Å². The fourth-order valence-corrected chi connectivity index (χ4v) is 2.99. The second-order valence-electron chi connectivity index (χ2n) is 6.45. The summed E-state index contributed by atoms with van der Waals surface area (Å²) in [7, 11) is 1.79. The van der Waals surface area contributed by atoms with Crippen molar-refractivity contribution in [1.29, 1.82) is 0 Å². The van der Waals surface area contributed by atoms with Gasteiger partial charge in [-0.3, -0.25) is 0 Å². The van der Waals surface area contributed by atoms with E-state index in [4.69, 9.17) is 9.57 Å². The molecule has 0 bridgehead atoms. The Morgan fingerprint density at radius 3 is 2.41 bits per heavy atom. The van der Waals surface area contributed by atoms with Crippen LogP contribution >= 0.6 is 0 Å². The first-order valence-corrected chi connectivity index (χ1v) is 9.45. The van der Waals surface area contributed by atoms with E-state index in [2.05, 4.69) is 10.3 Å². The maximum absolute atomic E-state index is 14.6. The van der Waals surface area contributed by atoms with Crippen LogP contribution in [0.4, 0.5) is 4.39 Å². The number of ether oxygens (including phenoxy) is 1. The molecule has 3 rings (SSSR count). The number of hydrogen-bond acceptors (Lipinski definition) is 4. The zero-order chi connectivity index (χ0) is 20.6. The lowest BCUT2D eigenvalue weighted by atomic mass is 10.0. The lowest BCUT2D eigenvalue weighted by molar-refractivity contribution is 0.155. The Labute approximate surface area is 170 Å². The normalized spacial score (nSPS) is 12.1. The van der Waals surface area contributed by atoms with E-state index in [-0.39, 0.29) is 12.4 Å². The molecule has 3 aromatic rings. The molecule has 0 saturated carbocycles. The number of oxime groups is 1. The van der Waals surface area contributed by atoms with Crippen LogP contribution < -0.4 is 4.74 Å². The summed E-state index contributed by atoms with van der Waals surface area (Å²) in [6.07, 6.45) is 2.07. The second-order valence-corrected chi connectivity index (χ2v) is 6.45. The van der Waals surface area contributed by atoms with Crippen LogP contribution in [0, 0.1) is 6.92 Å². The zero-order valence-electron chi connectivity index (χ0n) is 16.8. The van der Waals surface area contributed by atoms with Gasteiger partial charge in [-0.05, 0) is 36.6 Å². The van der Waals surface area contributed by atoms with E-state index in [1.54, 1.807) is 11.7 Å². The molecule has 6 heteroatoms. The fourth-order valence-electron chi connectivity index (χ4n) is 2.99. The highest BCUT2D eigenvalue weighted by molar-refractivity contribution is 5.84. The minimum absolute atomic E-state index is 0.233. The summed E-state index contributed by atoms with van der Waals surface area (Å²) in [6, 6.07) is 18.9. The van der Waals surface area contributed by atoms with Crippen LogP contribution in [0.25, 0.3) is 5.57 Å². The van der Waals surface area contributed by atoms with Crippen molar-refractivity contribution in [2.75, 3.05) is 6.61 Å². The molecule has 0 atom stereocenters. The van der Waals surface area contributed by atoms with E-state index < -0.39 is 0 Å². The molecule has 150 valence electrons. The third-order valence-corrected chi connectivity index (χ3v) is 4.42. The molecule has 0 amide bonds. The first-order valence-electron chi connectivity index (χ1n) is 9.45. The lowest BCUT2D eigenvalue weighted by Gasteiger charge is -2.07. The van der Waals surface area contributed by atoms with Gasteiger partial charge in [0.1, 0.15) is 11.6 Å². The van der Waals surface area contributed by atoms with Crippen molar-refractivity contribution in [2.24, 2.45) is 12.2 Å². The molecule has 5 nitrogen and oxygen atoms in total. The van der Waals surface area contributed by atoms with Crippen molar-refractivity contribution in [2.45, 2.75) is 20.3 Å². The summed E-state index contributed by atoms with van der Waals surface area (Å²) < 4.78 is 22.1. The summed E-state index contributed by atoms with van der Waals surface area (Å²) in [5.41, 5.74) is 2.88. The van der Waals surface area contributed by atoms with Gasteiger partial charge in [0.05, 0.1) is 17.5 Å². The Morgan fingerprint density at radius 1 is 1.10 bits per heavy atom. The average Bonchev–Trinajstić information content (AvgIpc) is 3.00. The summed E-state index contributed by atoms with van der Waals surface area (Å²) in [4.78, 5) is 5.22. The standard InChI is InChI=1S/C23H24FN3O2/c1-4-20(18-11-7-5-8-12-18)22(24)16-28-25-15-21-17(2)26-27(3)23(21)29-19-13-9-6-10-14-19/h5-15H,4,16H2,1-3H3. The van der Waals surface area contributed by atoms with Gasteiger partial charge in [0.25, 0.3) is 0 Å². The molecular formula is C23H24FN3O2. The molecule has 29 heavy (non-hydrogen) atoms. The first kappa shape index (κ1) is 20.3. The lowest BCUT2D eigenvalue weighted by Crippen LogP contribution is -1.97. The van der Waals surface area contributed by atoms with Gasteiger partial charge in [-0.15, -0.1) is 0 Å². The van der Waals surface area contributed by atoms with E-state index in [1.807, 2.05) is 74.5 Å². The molecule has 0 aliphatic rings. The summed E-state index contributed by atoms with van der Waals surface area (Å²) in [6.45, 7) is 3.53. The van der Waals surface area contributed by atoms with Crippen molar-refractivity contribution in [3.8, 4) is 11.6 Å². The van der Waals surface area contributed by atoms with Crippen LogP contribution in [0.2, 0.25) is 0 Å². The van der Waals surface area contributed by atoms with Gasteiger partial charge in [-0.25, -0.2) is 9.07 Å². The summed E-state index contributed by atoms with van der Waals surface area (Å²) in [5, 5.41) is 8.30. The Balaban J connectivity index is 1.71. The van der Waals surface area contributed by atoms with Gasteiger partial charge in [0, 0.05) is 7.05 Å². The smallest absolute Gasteiger partial charge is 0.226 e. The van der Waals surface area contributed by atoms with Crippen LogP contribution in [0.15, 0.2) is 71.6 Å². The third kappa shape index (κ3) is 5.10. The van der Waals surface area contributed by atoms with Crippen LogP contribution in [0.1, 0.15) is 30.2 Å². The number of aromatic nitrogens is 2. The number of rotatable bonds is 8. The van der Waals surface area contributed by atoms with Crippen molar-refractivity contribution in [1.82, 2.24) is 9.78 Å². The van der Waals surface area contributed by atoms with Gasteiger partial charge < -0.3 is 9.57 Å². The molecule has 0 fully saturated rings. The molecule has 0 saturated heterocycles. The highest BCUT2D eigenvalue weighted by atomic mass is 19.1. The van der Waals surface area contributed by atoms with Crippen molar-refractivity contribution in [3.05, 3.63) is 83.3 Å². The van der Waals surface area contributed by atoms with E-state index in [0.717, 1.165) is 11.3 Å². The number of aryl methyl sites for hydroxylation is 2. The molecule has 0 aliphatic heterocycles. The van der Waals surface area contributed by atoms with E-state index in [0.29, 0.717) is 29.2 Å². The van der Waals surface area contributed by atoms with E-state index in [9.17, 15) is 4.39 Å². The highest BCUT2D eigenvalue weighted by Crippen LogP contribution is 2.26. The molecule has 0 radical (unpaired) electrons. The predicted molar refractivity (Wildman–Crippen MR) is 113 cm³/mol. The maximum Gasteiger partial charge on any atom is 0.226 e. The summed E-state index contributed by atoms with van der Waals surface area (Å²) >= 11 is 0. The predicted octanol–water partition coefficient (Wildman–Crippen LogP) is 5.66. The minimum Gasteiger partial charge on any atom is -0.439 e. The van der Waals surface area contributed by atoms with Crippen LogP contribution in [-0.4, -0.2) is 22.6 Å². The largest absolute Gasteiger partial charge is 0.439 e. The Hall–Kier alpha value is -3.41. The molecule has 1 aromatic heterocycles. The SMILES string of the molecule is CCC(=C(F)CON=Cc1c(C)nn(C)c1Oc1ccccc1)c1ccccc1. The summed E-state index contributed by atoms with van der Waals surface area (Å²) in [5.74, 6) is 0.894. The van der Waals surface area contributed by atoms with Crippen LogP contribution in [-0.2, 0) is 11.9 Å². The Kier molecular flexibility index (Phi) is 6.79. The molecule has 0 aliphatic carbocycles. The fraction of sp³-hybridized carbons (Fsp3) is 0.217. The molecule has 0 N–H and O–H groups in total. The number of para-hydroxylation sites is 1. The number of nitrogens with zero attached hydrogens (tertiary/aromatic N) is 3. The van der Waals surface area contributed by atoms with Gasteiger partial charge in [0.15, 0.2) is 6.61 Å². The average molecular weight is 393 g/mol. The Morgan fingerprint density at radius 2 is 1.76 bits per heavy atom. The van der Waals surface area contributed by atoms with Crippen molar-refractivity contribution in [3.63, 3.8) is 0 Å². The number of hydrogen-bond donors (Lipinski definition) is 0. The maximum atomic E-state index is 14.6. The number of benzene rings is 2. The molecule has 0 unspecified atom stereocenters. The van der Waals surface area contributed by atoms with Crippen LogP contribution in [0.3, 0.4) is 0 Å².